The van der Waals surface area contributed by atoms with Crippen molar-refractivity contribution >= 4 is 16.6 Å². The Hall–Kier alpha value is -1.58. The molecule has 0 spiro atoms. The molecule has 0 aliphatic heterocycles. The van der Waals surface area contributed by atoms with Crippen molar-refractivity contribution in [1.82, 2.24) is 4.57 Å². The molecule has 0 bridgehead atoms. The molecule has 2 aromatic rings. The summed E-state index contributed by atoms with van der Waals surface area (Å²) in [5.74, 6) is -2.38. The molecule has 0 amide bonds. The summed E-state index contributed by atoms with van der Waals surface area (Å²) < 4.78 is 28.4. The molecule has 1 aliphatic carbocycles. The second-order valence-corrected chi connectivity index (χ2v) is 5.25. The zero-order valence-electron chi connectivity index (χ0n) is 10.1. The number of nitrogens with two attached hydrogens (primary N) is 1. The van der Waals surface area contributed by atoms with Crippen LogP contribution in [0.15, 0.2) is 30.5 Å². The Morgan fingerprint density at radius 1 is 1.33 bits per heavy atom. The number of nitrogens with zero attached hydrogens (tertiary/aromatic N) is 1. The smallest absolute Gasteiger partial charge is 0.248 e. The third kappa shape index (κ3) is 2.07. The largest absolute Gasteiger partial charge is 0.399 e. The van der Waals surface area contributed by atoms with Gasteiger partial charge >= 0.3 is 0 Å². The van der Waals surface area contributed by atoms with E-state index in [-0.39, 0.29) is 18.8 Å². The SMILES string of the molecule is Nc1ccc2c(ccn2CC2CCC(F)(F)C2)c1. The van der Waals surface area contributed by atoms with E-state index in [2.05, 4.69) is 4.57 Å². The third-order valence-corrected chi connectivity index (χ3v) is 3.76. The van der Waals surface area contributed by atoms with E-state index < -0.39 is 5.92 Å². The van der Waals surface area contributed by atoms with Gasteiger partial charge in [0.1, 0.15) is 0 Å². The molecule has 0 radical (unpaired) electrons. The van der Waals surface area contributed by atoms with Gasteiger partial charge in [-0.05, 0) is 36.6 Å². The highest BCUT2D eigenvalue weighted by molar-refractivity contribution is 5.83. The Labute approximate surface area is 104 Å². The molecule has 1 aliphatic rings. The van der Waals surface area contributed by atoms with Crippen LogP contribution in [0, 0.1) is 5.92 Å². The molecule has 4 heteroatoms. The Morgan fingerprint density at radius 3 is 2.89 bits per heavy atom. The van der Waals surface area contributed by atoms with Gasteiger partial charge in [-0.2, -0.15) is 0 Å². The standard InChI is InChI=1S/C14H16F2N2/c15-14(16)5-3-10(8-14)9-18-6-4-11-7-12(17)1-2-13(11)18/h1-2,4,6-7,10H,3,5,8-9,17H2. The topological polar surface area (TPSA) is 30.9 Å². The Balaban J connectivity index is 1.83. The second kappa shape index (κ2) is 3.97. The lowest BCUT2D eigenvalue weighted by atomic mass is 10.1. The molecule has 1 saturated carbocycles. The molecule has 1 fully saturated rings. The molecule has 1 aromatic carbocycles. The first-order chi connectivity index (χ1) is 8.53. The summed E-state index contributed by atoms with van der Waals surface area (Å²) in [7, 11) is 0. The molecular weight excluding hydrogens is 234 g/mol. The monoisotopic (exact) mass is 250 g/mol. The molecule has 1 atom stereocenters. The summed E-state index contributed by atoms with van der Waals surface area (Å²) in [6.45, 7) is 0.670. The van der Waals surface area contributed by atoms with Crippen molar-refractivity contribution in [2.24, 2.45) is 5.92 Å². The predicted molar refractivity (Wildman–Crippen MR) is 68.6 cm³/mol. The van der Waals surface area contributed by atoms with Crippen molar-refractivity contribution in [3.05, 3.63) is 30.5 Å². The van der Waals surface area contributed by atoms with Crippen LogP contribution in [-0.2, 0) is 6.54 Å². The van der Waals surface area contributed by atoms with Crippen LogP contribution in [0.2, 0.25) is 0 Å². The van der Waals surface area contributed by atoms with E-state index in [1.54, 1.807) is 0 Å². The van der Waals surface area contributed by atoms with Gasteiger partial charge in [-0.25, -0.2) is 8.78 Å². The molecule has 1 heterocycles. The van der Waals surface area contributed by atoms with Gasteiger partial charge in [0.2, 0.25) is 5.92 Å². The van der Waals surface area contributed by atoms with Crippen LogP contribution in [0.25, 0.3) is 10.9 Å². The van der Waals surface area contributed by atoms with Gasteiger partial charge in [-0.3, -0.25) is 0 Å². The first-order valence-electron chi connectivity index (χ1n) is 6.26. The molecule has 1 aromatic heterocycles. The van der Waals surface area contributed by atoms with Gasteiger partial charge < -0.3 is 10.3 Å². The van der Waals surface area contributed by atoms with Gasteiger partial charge in [0.05, 0.1) is 0 Å². The molecule has 18 heavy (non-hydrogen) atoms. The maximum Gasteiger partial charge on any atom is 0.248 e. The lowest BCUT2D eigenvalue weighted by Gasteiger charge is -2.12. The highest BCUT2D eigenvalue weighted by atomic mass is 19.3. The average molecular weight is 250 g/mol. The summed E-state index contributed by atoms with van der Waals surface area (Å²) in [5, 5.41) is 1.07. The summed E-state index contributed by atoms with van der Waals surface area (Å²) >= 11 is 0. The number of rotatable bonds is 2. The number of alkyl halides is 2. The fourth-order valence-electron chi connectivity index (χ4n) is 2.85. The van der Waals surface area contributed by atoms with Crippen LogP contribution in [0.4, 0.5) is 14.5 Å². The van der Waals surface area contributed by atoms with E-state index in [1.807, 2.05) is 30.5 Å². The van der Waals surface area contributed by atoms with E-state index in [0.29, 0.717) is 13.0 Å². The van der Waals surface area contributed by atoms with Gasteiger partial charge in [0.25, 0.3) is 0 Å². The molecule has 3 rings (SSSR count). The Morgan fingerprint density at radius 2 is 2.17 bits per heavy atom. The lowest BCUT2D eigenvalue weighted by molar-refractivity contribution is 0.00441. The Kier molecular flexibility index (Phi) is 2.54. The summed E-state index contributed by atoms with van der Waals surface area (Å²) in [5.41, 5.74) is 7.52. The first-order valence-corrected chi connectivity index (χ1v) is 6.26. The van der Waals surface area contributed by atoms with Crippen molar-refractivity contribution in [3.63, 3.8) is 0 Å². The van der Waals surface area contributed by atoms with Crippen molar-refractivity contribution < 1.29 is 8.78 Å². The molecule has 0 saturated heterocycles. The van der Waals surface area contributed by atoms with E-state index in [0.717, 1.165) is 16.6 Å². The number of halogens is 2. The fourth-order valence-corrected chi connectivity index (χ4v) is 2.85. The molecule has 2 nitrogen and oxygen atoms in total. The highest BCUT2D eigenvalue weighted by Crippen LogP contribution is 2.39. The van der Waals surface area contributed by atoms with Crippen LogP contribution in [0.5, 0.6) is 0 Å². The van der Waals surface area contributed by atoms with Crippen LogP contribution >= 0.6 is 0 Å². The van der Waals surface area contributed by atoms with Gasteiger partial charge in [-0.15, -0.1) is 0 Å². The average Bonchev–Trinajstić information content (AvgIpc) is 2.83. The van der Waals surface area contributed by atoms with Crippen LogP contribution in [0.1, 0.15) is 19.3 Å². The minimum atomic E-state index is -2.46. The van der Waals surface area contributed by atoms with Crippen LogP contribution < -0.4 is 5.73 Å². The zero-order valence-corrected chi connectivity index (χ0v) is 10.1. The van der Waals surface area contributed by atoms with E-state index in [4.69, 9.17) is 5.73 Å². The zero-order chi connectivity index (χ0) is 12.8. The van der Waals surface area contributed by atoms with Gasteiger partial charge in [0, 0.05) is 42.2 Å². The molecular formula is C14H16F2N2. The van der Waals surface area contributed by atoms with Crippen molar-refractivity contribution in [2.75, 3.05) is 5.73 Å². The predicted octanol–water partition coefficient (Wildman–Crippen LogP) is 3.66. The minimum Gasteiger partial charge on any atom is -0.399 e. The summed E-state index contributed by atoms with van der Waals surface area (Å²) in [4.78, 5) is 0. The van der Waals surface area contributed by atoms with Gasteiger partial charge in [-0.1, -0.05) is 0 Å². The second-order valence-electron chi connectivity index (χ2n) is 5.25. The highest BCUT2D eigenvalue weighted by Gasteiger charge is 2.39. The van der Waals surface area contributed by atoms with Crippen LogP contribution in [0.3, 0.4) is 0 Å². The quantitative estimate of drug-likeness (QED) is 0.810. The van der Waals surface area contributed by atoms with E-state index in [9.17, 15) is 8.78 Å². The fraction of sp³-hybridized carbons (Fsp3) is 0.429. The number of nitrogen functional groups attached to an aromatic ring is 1. The summed E-state index contributed by atoms with van der Waals surface area (Å²) in [6.07, 6.45) is 2.62. The van der Waals surface area contributed by atoms with Crippen LogP contribution in [-0.4, -0.2) is 10.5 Å². The van der Waals surface area contributed by atoms with Crippen molar-refractivity contribution in [2.45, 2.75) is 31.7 Å². The number of anilines is 1. The maximum absolute atomic E-state index is 13.2. The third-order valence-electron chi connectivity index (χ3n) is 3.76. The Bertz CT molecular complexity index is 574. The van der Waals surface area contributed by atoms with E-state index in [1.165, 1.54) is 0 Å². The number of benzene rings is 1. The first kappa shape index (κ1) is 11.5. The number of aromatic nitrogens is 1. The number of hydrogen-bond acceptors (Lipinski definition) is 1. The maximum atomic E-state index is 13.2. The van der Waals surface area contributed by atoms with Crippen molar-refractivity contribution in [1.29, 1.82) is 0 Å². The summed E-state index contributed by atoms with van der Waals surface area (Å²) in [6, 6.07) is 7.70. The minimum absolute atomic E-state index is 0.0155. The number of hydrogen-bond donors (Lipinski definition) is 1. The van der Waals surface area contributed by atoms with Gasteiger partial charge in [0.15, 0.2) is 0 Å². The molecule has 96 valence electrons. The molecule has 1 unspecified atom stereocenters. The normalized spacial score (nSPS) is 22.7. The van der Waals surface area contributed by atoms with Crippen molar-refractivity contribution in [3.8, 4) is 0 Å². The number of fused-ring (bicyclic) bond motifs is 1. The molecule has 2 N–H and O–H groups in total. The lowest BCUT2D eigenvalue weighted by Crippen LogP contribution is -2.12. The van der Waals surface area contributed by atoms with E-state index >= 15 is 0 Å².